The quantitative estimate of drug-likeness (QED) is 0.161. The molecule has 0 bridgehead atoms. The fourth-order valence-electron chi connectivity index (χ4n) is 10.2. The Labute approximate surface area is 424 Å². The molecule has 0 radical (unpaired) electrons. The molecule has 0 spiro atoms. The second-order valence-corrected chi connectivity index (χ2v) is 27.4. The van der Waals surface area contributed by atoms with Crippen LogP contribution >= 0.6 is 0 Å². The van der Waals surface area contributed by atoms with Gasteiger partial charge in [0, 0.05) is 22.4 Å². The Bertz CT molecular complexity index is 3040. The number of hydrogen-bond donors (Lipinski definition) is 0. The zero-order valence-corrected chi connectivity index (χ0v) is 46.7. The van der Waals surface area contributed by atoms with Gasteiger partial charge in [0.15, 0.2) is 0 Å². The van der Waals surface area contributed by atoms with Gasteiger partial charge in [-0.1, -0.05) is 242 Å². The molecule has 0 saturated heterocycles. The fraction of sp³-hybridized carbons (Fsp3) is 0.391. The number of fused-ring (bicyclic) bond motifs is 3. The molecule has 70 heavy (non-hydrogen) atoms. The van der Waals surface area contributed by atoms with Crippen LogP contribution in [-0.2, 0) is 37.9 Å². The van der Waals surface area contributed by atoms with Gasteiger partial charge in [0.1, 0.15) is 0 Å². The Morgan fingerprint density at radius 3 is 1.11 bits per heavy atom. The molecular formula is C69H83N. The van der Waals surface area contributed by atoms with Crippen LogP contribution in [0.1, 0.15) is 183 Å². The molecule has 1 aliphatic carbocycles. The van der Waals surface area contributed by atoms with Crippen molar-refractivity contribution in [3.05, 3.63) is 184 Å². The maximum absolute atomic E-state index is 2.57. The standard InChI is InChI=1S/C69H83N/c1-63(2,3)49-32-44(46-34-50(64(4,5)6)40-51(35-46)65(7,8)9)31-45(33-49)47-36-54(68(16,17)18)42-56(39-47)70(55-29-30-59-58-26-21-23-27-60(58)69(19,20)61(59)43-55)62-28-24-22-25-57(62)48-37-52(66(10,11)12)41-53(38-48)67(13,14)15/h21-43H,1-20H3. The summed E-state index contributed by atoms with van der Waals surface area (Å²) in [5.41, 5.74) is 24.0. The topological polar surface area (TPSA) is 3.24 Å². The predicted octanol–water partition coefficient (Wildman–Crippen LogP) is 20.2. The van der Waals surface area contributed by atoms with E-state index in [4.69, 9.17) is 0 Å². The zero-order valence-electron chi connectivity index (χ0n) is 46.7. The van der Waals surface area contributed by atoms with Gasteiger partial charge in [-0.25, -0.2) is 0 Å². The number of hydrogen-bond acceptors (Lipinski definition) is 1. The minimum Gasteiger partial charge on any atom is -0.310 e. The molecule has 1 nitrogen and oxygen atoms in total. The Morgan fingerprint density at radius 2 is 0.643 bits per heavy atom. The number of anilines is 3. The van der Waals surface area contributed by atoms with Gasteiger partial charge in [0.05, 0.1) is 5.69 Å². The van der Waals surface area contributed by atoms with E-state index in [1.807, 2.05) is 0 Å². The fourth-order valence-corrected chi connectivity index (χ4v) is 10.2. The highest BCUT2D eigenvalue weighted by Gasteiger charge is 2.36. The first-order chi connectivity index (χ1) is 32.2. The van der Waals surface area contributed by atoms with Crippen LogP contribution in [0, 0.1) is 0 Å². The molecule has 1 heteroatoms. The summed E-state index contributed by atoms with van der Waals surface area (Å²) < 4.78 is 0. The summed E-state index contributed by atoms with van der Waals surface area (Å²) in [4.78, 5) is 2.57. The maximum Gasteiger partial charge on any atom is 0.0540 e. The Morgan fingerprint density at radius 1 is 0.286 bits per heavy atom. The summed E-state index contributed by atoms with van der Waals surface area (Å²) in [6, 6.07) is 54.8. The molecule has 0 saturated carbocycles. The van der Waals surface area contributed by atoms with Gasteiger partial charge < -0.3 is 4.90 Å². The Hall–Kier alpha value is -5.66. The van der Waals surface area contributed by atoms with Crippen LogP contribution in [0.5, 0.6) is 0 Å². The normalized spacial score (nSPS) is 14.1. The van der Waals surface area contributed by atoms with E-state index in [0.717, 1.165) is 17.1 Å². The lowest BCUT2D eigenvalue weighted by Crippen LogP contribution is -2.18. The van der Waals surface area contributed by atoms with Crippen molar-refractivity contribution in [2.75, 3.05) is 4.90 Å². The summed E-state index contributed by atoms with van der Waals surface area (Å²) in [6.07, 6.45) is 0. The van der Waals surface area contributed by atoms with Crippen LogP contribution in [0.4, 0.5) is 17.1 Å². The van der Waals surface area contributed by atoms with Crippen molar-refractivity contribution in [3.63, 3.8) is 0 Å². The lowest BCUT2D eigenvalue weighted by atomic mass is 9.77. The number of nitrogens with zero attached hydrogens (tertiary/aromatic N) is 1. The second kappa shape index (κ2) is 17.3. The molecule has 0 unspecified atom stereocenters. The van der Waals surface area contributed by atoms with E-state index in [2.05, 4.69) is 283 Å². The highest BCUT2D eigenvalue weighted by molar-refractivity contribution is 5.92. The van der Waals surface area contributed by atoms with Crippen LogP contribution in [-0.4, -0.2) is 0 Å². The van der Waals surface area contributed by atoms with Crippen molar-refractivity contribution in [1.29, 1.82) is 0 Å². The van der Waals surface area contributed by atoms with E-state index in [1.54, 1.807) is 0 Å². The van der Waals surface area contributed by atoms with Crippen LogP contribution in [0.3, 0.4) is 0 Å². The van der Waals surface area contributed by atoms with Gasteiger partial charge in [-0.15, -0.1) is 0 Å². The second-order valence-electron chi connectivity index (χ2n) is 27.4. The van der Waals surface area contributed by atoms with Crippen molar-refractivity contribution < 1.29 is 0 Å². The monoisotopic (exact) mass is 926 g/mol. The maximum atomic E-state index is 2.57. The van der Waals surface area contributed by atoms with E-state index >= 15 is 0 Å². The lowest BCUT2D eigenvalue weighted by molar-refractivity contribution is 0.568. The minimum absolute atomic E-state index is 0.00804. The van der Waals surface area contributed by atoms with E-state index < -0.39 is 0 Å². The SMILES string of the molecule is CC(C)(C)c1cc(-c2cc(N(c3ccc4c(c3)C(C)(C)c3ccccc3-4)c3ccccc3-c3cc(C(C)(C)C)cc(C(C)(C)C)c3)cc(C(C)(C)C)c2)cc(-c2cc(C(C)(C)C)cc(C(C)(C)C)c2)c1. The Balaban J connectivity index is 1.44. The summed E-state index contributed by atoms with van der Waals surface area (Å²) in [5, 5.41) is 0. The first-order valence-electron chi connectivity index (χ1n) is 26.0. The summed E-state index contributed by atoms with van der Waals surface area (Å²) in [7, 11) is 0. The average Bonchev–Trinajstić information content (AvgIpc) is 3.49. The van der Waals surface area contributed by atoms with Crippen molar-refractivity contribution in [1.82, 2.24) is 0 Å². The average molecular weight is 926 g/mol. The van der Waals surface area contributed by atoms with Gasteiger partial charge in [-0.2, -0.15) is 0 Å². The van der Waals surface area contributed by atoms with Crippen LogP contribution in [0.25, 0.3) is 44.5 Å². The molecule has 8 rings (SSSR count). The molecule has 7 aromatic rings. The van der Waals surface area contributed by atoms with Crippen LogP contribution < -0.4 is 4.90 Å². The molecule has 0 N–H and O–H groups in total. The summed E-state index contributed by atoms with van der Waals surface area (Å²) in [6.45, 7) is 47.0. The highest BCUT2D eigenvalue weighted by Crippen LogP contribution is 2.52. The molecular weight excluding hydrogens is 843 g/mol. The van der Waals surface area contributed by atoms with Gasteiger partial charge in [0.2, 0.25) is 0 Å². The molecule has 364 valence electrons. The van der Waals surface area contributed by atoms with E-state index in [-0.39, 0.29) is 37.9 Å². The number of rotatable bonds is 6. The van der Waals surface area contributed by atoms with Crippen molar-refractivity contribution >= 4 is 17.1 Å². The third kappa shape index (κ3) is 9.98. The number of benzene rings is 7. The minimum atomic E-state index is -0.158. The predicted molar refractivity (Wildman–Crippen MR) is 307 cm³/mol. The highest BCUT2D eigenvalue weighted by atomic mass is 15.1. The summed E-state index contributed by atoms with van der Waals surface area (Å²) in [5.74, 6) is 0. The van der Waals surface area contributed by atoms with Gasteiger partial charge >= 0.3 is 0 Å². The Kier molecular flexibility index (Phi) is 12.5. The smallest absolute Gasteiger partial charge is 0.0540 e. The largest absolute Gasteiger partial charge is 0.310 e. The molecule has 0 heterocycles. The lowest BCUT2D eigenvalue weighted by Gasteiger charge is -2.32. The van der Waals surface area contributed by atoms with Crippen LogP contribution in [0.2, 0.25) is 0 Å². The first-order valence-corrected chi connectivity index (χ1v) is 26.0. The first kappa shape index (κ1) is 50.7. The van der Waals surface area contributed by atoms with E-state index in [1.165, 1.54) is 89.0 Å². The molecule has 1 aliphatic rings. The molecule has 7 aromatic carbocycles. The molecule has 0 aromatic heterocycles. The van der Waals surface area contributed by atoms with Gasteiger partial charge in [-0.05, 0) is 152 Å². The van der Waals surface area contributed by atoms with Crippen molar-refractivity contribution in [2.45, 2.75) is 176 Å². The van der Waals surface area contributed by atoms with Gasteiger partial charge in [-0.3, -0.25) is 0 Å². The molecule has 0 fully saturated rings. The van der Waals surface area contributed by atoms with Crippen molar-refractivity contribution in [3.8, 4) is 44.5 Å². The molecule has 0 aliphatic heterocycles. The third-order valence-electron chi connectivity index (χ3n) is 15.1. The summed E-state index contributed by atoms with van der Waals surface area (Å²) >= 11 is 0. The third-order valence-corrected chi connectivity index (χ3v) is 15.1. The number of para-hydroxylation sites is 1. The van der Waals surface area contributed by atoms with Gasteiger partial charge in [0.25, 0.3) is 0 Å². The zero-order chi connectivity index (χ0) is 51.3. The van der Waals surface area contributed by atoms with E-state index in [9.17, 15) is 0 Å². The molecule has 0 atom stereocenters. The van der Waals surface area contributed by atoms with E-state index in [0.29, 0.717) is 0 Å². The van der Waals surface area contributed by atoms with Crippen molar-refractivity contribution in [2.24, 2.45) is 0 Å². The van der Waals surface area contributed by atoms with Crippen LogP contribution in [0.15, 0.2) is 140 Å². The molecule has 0 amide bonds.